The number of ether oxygens (including phenoxy) is 1. The minimum Gasteiger partial charge on any atom is -0.377 e. The van der Waals surface area contributed by atoms with Gasteiger partial charge in [0.05, 0.1) is 17.6 Å². The molecule has 0 radical (unpaired) electrons. The Morgan fingerprint density at radius 1 is 1.19 bits per heavy atom. The monoisotopic (exact) mass is 251 g/mol. The number of hydrogen-bond donors (Lipinski definition) is 1. The second kappa shape index (κ2) is 8.96. The summed E-state index contributed by atoms with van der Waals surface area (Å²) < 4.78 is 28.6. The van der Waals surface area contributed by atoms with Crippen molar-refractivity contribution >= 4 is 9.84 Å². The van der Waals surface area contributed by atoms with Crippen LogP contribution in [0.2, 0.25) is 0 Å². The van der Waals surface area contributed by atoms with Crippen LogP contribution in [0.1, 0.15) is 39.5 Å². The third-order valence-electron chi connectivity index (χ3n) is 2.47. The van der Waals surface area contributed by atoms with Gasteiger partial charge in [-0.3, -0.25) is 0 Å². The van der Waals surface area contributed by atoms with Crippen LogP contribution in [0.25, 0.3) is 0 Å². The zero-order valence-electron chi connectivity index (χ0n) is 10.4. The zero-order chi connectivity index (χ0) is 12.4. The van der Waals surface area contributed by atoms with Crippen molar-refractivity contribution < 1.29 is 13.2 Å². The van der Waals surface area contributed by atoms with Gasteiger partial charge in [-0.15, -0.1) is 0 Å². The Hall–Kier alpha value is -0.130. The average Bonchev–Trinajstić information content (AvgIpc) is 2.24. The molecule has 2 N–H and O–H groups in total. The molecule has 98 valence electrons. The predicted molar refractivity (Wildman–Crippen MR) is 67.3 cm³/mol. The molecule has 1 atom stereocenters. The summed E-state index contributed by atoms with van der Waals surface area (Å²) in [5.74, 6) is 0.489. The van der Waals surface area contributed by atoms with Gasteiger partial charge < -0.3 is 10.5 Å². The van der Waals surface area contributed by atoms with Gasteiger partial charge in [-0.1, -0.05) is 19.8 Å². The quantitative estimate of drug-likeness (QED) is 0.595. The largest absolute Gasteiger partial charge is 0.377 e. The van der Waals surface area contributed by atoms with Crippen LogP contribution in [0.4, 0.5) is 0 Å². The molecule has 5 heteroatoms. The van der Waals surface area contributed by atoms with Crippen LogP contribution in [0.3, 0.4) is 0 Å². The molecule has 0 aliphatic carbocycles. The maximum atomic E-state index is 11.6. The minimum absolute atomic E-state index is 0.119. The molecule has 0 bridgehead atoms. The van der Waals surface area contributed by atoms with Gasteiger partial charge in [-0.25, -0.2) is 8.42 Å². The molecule has 0 aliphatic heterocycles. The molecular formula is C11H25NO3S. The molecule has 4 nitrogen and oxygen atoms in total. The molecule has 0 rings (SSSR count). The Labute approximate surface area is 99.5 Å². The summed E-state index contributed by atoms with van der Waals surface area (Å²) in [6.07, 6.45) is 3.18. The Morgan fingerprint density at radius 3 is 2.38 bits per heavy atom. The summed E-state index contributed by atoms with van der Waals surface area (Å²) >= 11 is 0. The summed E-state index contributed by atoms with van der Waals surface area (Å²) in [5.41, 5.74) is 5.49. The lowest BCUT2D eigenvalue weighted by Crippen LogP contribution is -2.27. The average molecular weight is 251 g/mol. The van der Waals surface area contributed by atoms with E-state index in [-0.39, 0.29) is 11.9 Å². The molecule has 0 heterocycles. The first-order valence-corrected chi connectivity index (χ1v) is 7.90. The Morgan fingerprint density at radius 2 is 1.88 bits per heavy atom. The Kier molecular flexibility index (Phi) is 8.89. The molecule has 0 aromatic rings. The van der Waals surface area contributed by atoms with Gasteiger partial charge in [0.25, 0.3) is 0 Å². The maximum Gasteiger partial charge on any atom is 0.150 e. The number of rotatable bonds is 10. The molecule has 1 unspecified atom stereocenters. The van der Waals surface area contributed by atoms with Crippen LogP contribution in [0.15, 0.2) is 0 Å². The molecule has 16 heavy (non-hydrogen) atoms. The van der Waals surface area contributed by atoms with Gasteiger partial charge in [0.1, 0.15) is 9.84 Å². The molecule has 0 amide bonds. The fraction of sp³-hybridized carbons (Fsp3) is 1.00. The minimum atomic E-state index is -2.91. The molecular weight excluding hydrogens is 226 g/mol. The maximum absolute atomic E-state index is 11.6. The normalized spacial score (nSPS) is 13.9. The number of unbranched alkanes of at least 4 members (excludes halogenated alkanes) is 2. The highest BCUT2D eigenvalue weighted by Gasteiger charge is 2.14. The van der Waals surface area contributed by atoms with Crippen molar-refractivity contribution in [1.82, 2.24) is 0 Å². The molecule has 0 aromatic heterocycles. The highest BCUT2D eigenvalue weighted by molar-refractivity contribution is 7.91. The van der Waals surface area contributed by atoms with E-state index in [0.717, 1.165) is 19.3 Å². The standard InChI is InChI=1S/C11H25NO3S/c1-3-5-6-8-16(13,14)9-7-11(10-12)15-4-2/h11H,3-10,12H2,1-2H3. The molecule has 0 aliphatic rings. The van der Waals surface area contributed by atoms with Crippen LogP contribution >= 0.6 is 0 Å². The topological polar surface area (TPSA) is 69.4 Å². The third-order valence-corrected chi connectivity index (χ3v) is 4.24. The summed E-state index contributed by atoms with van der Waals surface area (Å²) in [4.78, 5) is 0. The summed E-state index contributed by atoms with van der Waals surface area (Å²) in [5, 5.41) is 0. The second-order valence-electron chi connectivity index (χ2n) is 3.96. The first-order chi connectivity index (χ1) is 7.55. The zero-order valence-corrected chi connectivity index (χ0v) is 11.3. The van der Waals surface area contributed by atoms with Crippen molar-refractivity contribution in [2.45, 2.75) is 45.6 Å². The van der Waals surface area contributed by atoms with Crippen LogP contribution in [-0.4, -0.2) is 39.2 Å². The van der Waals surface area contributed by atoms with E-state index < -0.39 is 9.84 Å². The highest BCUT2D eigenvalue weighted by atomic mass is 32.2. The van der Waals surface area contributed by atoms with Crippen molar-refractivity contribution in [2.75, 3.05) is 24.7 Å². The smallest absolute Gasteiger partial charge is 0.150 e. The van der Waals surface area contributed by atoms with E-state index in [1.54, 1.807) is 0 Å². The molecule has 0 fully saturated rings. The van der Waals surface area contributed by atoms with Gasteiger partial charge in [-0.2, -0.15) is 0 Å². The first-order valence-electron chi connectivity index (χ1n) is 6.07. The fourth-order valence-corrected chi connectivity index (χ4v) is 2.96. The summed E-state index contributed by atoms with van der Waals surface area (Å²) in [6, 6.07) is 0. The lowest BCUT2D eigenvalue weighted by Gasteiger charge is -2.14. The Bertz CT molecular complexity index is 252. The van der Waals surface area contributed by atoms with E-state index in [1.807, 2.05) is 6.92 Å². The van der Waals surface area contributed by atoms with E-state index in [9.17, 15) is 8.42 Å². The number of hydrogen-bond acceptors (Lipinski definition) is 4. The van der Waals surface area contributed by atoms with E-state index in [4.69, 9.17) is 10.5 Å². The van der Waals surface area contributed by atoms with E-state index in [1.165, 1.54) is 0 Å². The van der Waals surface area contributed by atoms with Gasteiger partial charge >= 0.3 is 0 Å². The van der Waals surface area contributed by atoms with Crippen molar-refractivity contribution in [3.8, 4) is 0 Å². The van der Waals surface area contributed by atoms with E-state index >= 15 is 0 Å². The molecule has 0 saturated heterocycles. The number of nitrogens with two attached hydrogens (primary N) is 1. The Balaban J connectivity index is 3.87. The first kappa shape index (κ1) is 15.9. The van der Waals surface area contributed by atoms with Crippen LogP contribution in [0.5, 0.6) is 0 Å². The SMILES string of the molecule is CCCCCS(=O)(=O)CCC(CN)OCC. The van der Waals surface area contributed by atoms with Gasteiger partial charge in [-0.05, 0) is 19.8 Å². The lowest BCUT2D eigenvalue weighted by atomic mass is 10.3. The summed E-state index contributed by atoms with van der Waals surface area (Å²) in [6.45, 7) is 4.92. The van der Waals surface area contributed by atoms with Crippen molar-refractivity contribution in [3.05, 3.63) is 0 Å². The van der Waals surface area contributed by atoms with Crippen LogP contribution in [-0.2, 0) is 14.6 Å². The molecule has 0 spiro atoms. The van der Waals surface area contributed by atoms with Gasteiger partial charge in [0, 0.05) is 13.2 Å². The highest BCUT2D eigenvalue weighted by Crippen LogP contribution is 2.05. The fourth-order valence-electron chi connectivity index (χ4n) is 1.49. The number of sulfone groups is 1. The van der Waals surface area contributed by atoms with E-state index in [2.05, 4.69) is 6.92 Å². The van der Waals surface area contributed by atoms with Gasteiger partial charge in [0.15, 0.2) is 0 Å². The molecule has 0 aromatic carbocycles. The summed E-state index contributed by atoms with van der Waals surface area (Å²) in [7, 11) is -2.91. The predicted octanol–water partition coefficient (Wildman–Crippen LogP) is 1.35. The lowest BCUT2D eigenvalue weighted by molar-refractivity contribution is 0.0671. The van der Waals surface area contributed by atoms with Crippen LogP contribution < -0.4 is 5.73 Å². The van der Waals surface area contributed by atoms with Crippen molar-refractivity contribution in [2.24, 2.45) is 5.73 Å². The second-order valence-corrected chi connectivity index (χ2v) is 6.26. The van der Waals surface area contributed by atoms with Crippen molar-refractivity contribution in [1.29, 1.82) is 0 Å². The molecule has 0 saturated carbocycles. The van der Waals surface area contributed by atoms with Crippen LogP contribution in [0, 0.1) is 0 Å². The van der Waals surface area contributed by atoms with Gasteiger partial charge in [0.2, 0.25) is 0 Å². The van der Waals surface area contributed by atoms with Crippen molar-refractivity contribution in [3.63, 3.8) is 0 Å². The van der Waals surface area contributed by atoms with E-state index in [0.29, 0.717) is 25.3 Å². The third kappa shape index (κ3) is 8.07.